The number of benzene rings is 4. The van der Waals surface area contributed by atoms with E-state index in [9.17, 15) is 9.59 Å². The summed E-state index contributed by atoms with van der Waals surface area (Å²) in [6.07, 6.45) is 1.82. The number of hydrogen-bond donors (Lipinski definition) is 1. The zero-order valence-corrected chi connectivity index (χ0v) is 32.2. The molecule has 6 rings (SSSR count). The van der Waals surface area contributed by atoms with Crippen LogP contribution in [0.3, 0.4) is 0 Å². The van der Waals surface area contributed by atoms with Crippen molar-refractivity contribution in [2.24, 2.45) is 4.99 Å². The van der Waals surface area contributed by atoms with Gasteiger partial charge in [-0.25, -0.2) is 4.99 Å². The van der Waals surface area contributed by atoms with Crippen molar-refractivity contribution in [3.05, 3.63) is 150 Å². The summed E-state index contributed by atoms with van der Waals surface area (Å²) in [5, 5.41) is 4.04. The van der Waals surface area contributed by atoms with Crippen molar-refractivity contribution in [3.8, 4) is 11.5 Å². The maximum Gasteiger partial charge on any atom is 0.271 e. The van der Waals surface area contributed by atoms with E-state index in [1.807, 2.05) is 85.8 Å². The van der Waals surface area contributed by atoms with E-state index in [4.69, 9.17) is 37.7 Å². The van der Waals surface area contributed by atoms with Crippen LogP contribution in [0.5, 0.6) is 11.5 Å². The molecule has 244 valence electrons. The highest BCUT2D eigenvalue weighted by atomic mass is 127. The van der Waals surface area contributed by atoms with Gasteiger partial charge in [0.1, 0.15) is 18.1 Å². The van der Waals surface area contributed by atoms with Crippen LogP contribution in [-0.4, -0.2) is 17.1 Å². The standard InChI is InChI=1S/C36H27Cl2I2N3O4S/c1-3-46-27-13-10-21(11-14-27)32-31(34(44)42-26-7-5-4-6-8-26)20(2)41-36-43(32)35(45)30(48-36)16-23-15-25(39)18-29(40)33(23)47-19-22-9-12-24(37)17-28(22)38/h4-18,32H,3,19H2,1-2H3,(H,42,44)/b30-16-/t32-/m0/s1. The lowest BCUT2D eigenvalue weighted by atomic mass is 9.95. The Labute approximate surface area is 318 Å². The van der Waals surface area contributed by atoms with Crippen LogP contribution in [0, 0.1) is 7.14 Å². The predicted molar refractivity (Wildman–Crippen MR) is 209 cm³/mol. The smallest absolute Gasteiger partial charge is 0.271 e. The van der Waals surface area contributed by atoms with Gasteiger partial charge in [0.2, 0.25) is 0 Å². The molecule has 1 aromatic heterocycles. The van der Waals surface area contributed by atoms with Crippen LogP contribution >= 0.6 is 79.7 Å². The van der Waals surface area contributed by atoms with Crippen LogP contribution in [0.1, 0.15) is 36.6 Å². The molecule has 5 aromatic rings. The van der Waals surface area contributed by atoms with Crippen molar-refractivity contribution in [1.82, 2.24) is 4.57 Å². The quantitative estimate of drug-likeness (QED) is 0.151. The number of allylic oxidation sites excluding steroid dienone is 1. The summed E-state index contributed by atoms with van der Waals surface area (Å²) in [7, 11) is 0. The first kappa shape index (κ1) is 34.7. The Morgan fingerprint density at radius 2 is 1.77 bits per heavy atom. The number of nitrogens with one attached hydrogen (secondary N) is 1. The molecule has 0 saturated carbocycles. The lowest BCUT2D eigenvalue weighted by molar-refractivity contribution is -0.113. The number of aromatic nitrogens is 1. The fourth-order valence-corrected chi connectivity index (χ4v) is 8.88. The highest BCUT2D eigenvalue weighted by Gasteiger charge is 2.32. The Kier molecular flexibility index (Phi) is 11.0. The zero-order valence-electron chi connectivity index (χ0n) is 25.6. The van der Waals surface area contributed by atoms with Crippen molar-refractivity contribution < 1.29 is 14.3 Å². The van der Waals surface area contributed by atoms with E-state index in [1.54, 1.807) is 23.6 Å². The summed E-state index contributed by atoms with van der Waals surface area (Å²) < 4.78 is 15.9. The van der Waals surface area contributed by atoms with E-state index in [-0.39, 0.29) is 18.1 Å². The first-order valence-electron chi connectivity index (χ1n) is 14.8. The summed E-state index contributed by atoms with van der Waals surface area (Å²) in [5.41, 5.74) is 3.57. The number of para-hydroxylation sites is 1. The second-order valence-electron chi connectivity index (χ2n) is 10.7. The number of ether oxygens (including phenoxy) is 2. The minimum absolute atomic E-state index is 0.214. The fourth-order valence-electron chi connectivity index (χ4n) is 5.33. The number of fused-ring (bicyclic) bond motifs is 1. The number of anilines is 1. The fraction of sp³-hybridized carbons (Fsp3) is 0.139. The van der Waals surface area contributed by atoms with Crippen LogP contribution in [0.25, 0.3) is 6.08 Å². The summed E-state index contributed by atoms with van der Waals surface area (Å²) in [4.78, 5) is 33.5. The monoisotopic (exact) mass is 921 g/mol. The number of nitrogens with zero attached hydrogens (tertiary/aromatic N) is 2. The predicted octanol–water partition coefficient (Wildman–Crippen LogP) is 8.37. The zero-order chi connectivity index (χ0) is 33.9. The summed E-state index contributed by atoms with van der Waals surface area (Å²) in [6.45, 7) is 4.45. The minimum atomic E-state index is -0.721. The van der Waals surface area contributed by atoms with E-state index in [0.717, 1.165) is 23.8 Å². The number of carbonyl (C=O) groups excluding carboxylic acids is 1. The summed E-state index contributed by atoms with van der Waals surface area (Å²) >= 11 is 18.3. The van der Waals surface area contributed by atoms with Crippen LogP contribution in [0.15, 0.2) is 106 Å². The molecule has 0 fully saturated rings. The molecule has 0 aliphatic carbocycles. The Morgan fingerprint density at radius 1 is 1.02 bits per heavy atom. The SMILES string of the molecule is CCOc1ccc([C@H]2C(C(=O)Nc3ccccc3)=C(C)N=c3s/c(=C\c4cc(I)cc(I)c4OCc4ccc(Cl)cc4Cl)c(=O)n32)cc1. The molecule has 1 N–H and O–H groups in total. The van der Waals surface area contributed by atoms with Crippen LogP contribution in [0.4, 0.5) is 5.69 Å². The molecule has 0 radical (unpaired) electrons. The van der Waals surface area contributed by atoms with Gasteiger partial charge in [0.05, 0.1) is 32.0 Å². The molecule has 0 saturated heterocycles. The second-order valence-corrected chi connectivity index (χ2v) is 15.0. The Morgan fingerprint density at radius 3 is 2.48 bits per heavy atom. The molecular formula is C36H27Cl2I2N3O4S. The maximum absolute atomic E-state index is 14.4. The van der Waals surface area contributed by atoms with E-state index >= 15 is 0 Å². The highest BCUT2D eigenvalue weighted by molar-refractivity contribution is 14.1. The van der Waals surface area contributed by atoms with E-state index in [1.165, 1.54) is 11.3 Å². The topological polar surface area (TPSA) is 81.9 Å². The first-order valence-corrected chi connectivity index (χ1v) is 18.5. The Bertz CT molecular complexity index is 2240. The highest BCUT2D eigenvalue weighted by Crippen LogP contribution is 2.33. The van der Waals surface area contributed by atoms with E-state index in [2.05, 4.69) is 50.5 Å². The van der Waals surface area contributed by atoms with Crippen molar-refractivity contribution >= 4 is 97.4 Å². The van der Waals surface area contributed by atoms with Crippen LogP contribution < -0.4 is 29.7 Å². The summed E-state index contributed by atoms with van der Waals surface area (Å²) in [5.74, 6) is 0.986. The molecule has 0 spiro atoms. The molecule has 0 bridgehead atoms. The lowest BCUT2D eigenvalue weighted by Gasteiger charge is -2.25. The number of thiazole rings is 1. The molecule has 4 aromatic carbocycles. The van der Waals surface area contributed by atoms with Gasteiger partial charge < -0.3 is 14.8 Å². The Balaban J connectivity index is 1.45. The maximum atomic E-state index is 14.4. The van der Waals surface area contributed by atoms with Gasteiger partial charge in [0.15, 0.2) is 4.80 Å². The average molecular weight is 922 g/mol. The molecule has 2 heterocycles. The Hall–Kier alpha value is -3.17. The molecule has 1 aliphatic rings. The van der Waals surface area contributed by atoms with Gasteiger partial charge >= 0.3 is 0 Å². The van der Waals surface area contributed by atoms with Gasteiger partial charge in [0.25, 0.3) is 11.5 Å². The van der Waals surface area contributed by atoms with E-state index in [0.29, 0.717) is 54.4 Å². The van der Waals surface area contributed by atoms with Crippen LogP contribution in [0.2, 0.25) is 10.0 Å². The van der Waals surface area contributed by atoms with Crippen molar-refractivity contribution in [3.63, 3.8) is 0 Å². The van der Waals surface area contributed by atoms with Gasteiger partial charge in [-0.05, 0) is 119 Å². The molecule has 1 aliphatic heterocycles. The van der Waals surface area contributed by atoms with Gasteiger partial charge in [-0.15, -0.1) is 0 Å². The first-order chi connectivity index (χ1) is 23.1. The molecule has 48 heavy (non-hydrogen) atoms. The third-order valence-corrected chi connectivity index (χ3v) is 10.5. The molecule has 1 amide bonds. The lowest BCUT2D eigenvalue weighted by Crippen LogP contribution is -2.40. The number of amides is 1. The van der Waals surface area contributed by atoms with Gasteiger partial charge in [0, 0.05) is 30.4 Å². The van der Waals surface area contributed by atoms with Crippen molar-refractivity contribution in [2.45, 2.75) is 26.5 Å². The van der Waals surface area contributed by atoms with Crippen molar-refractivity contribution in [1.29, 1.82) is 0 Å². The van der Waals surface area contributed by atoms with Crippen LogP contribution in [-0.2, 0) is 11.4 Å². The molecule has 12 heteroatoms. The third-order valence-electron chi connectivity index (χ3n) is 7.52. The third kappa shape index (κ3) is 7.52. The number of carbonyl (C=O) groups is 1. The average Bonchev–Trinajstić information content (AvgIpc) is 3.35. The van der Waals surface area contributed by atoms with Gasteiger partial charge in [-0.2, -0.15) is 0 Å². The largest absolute Gasteiger partial charge is 0.494 e. The number of rotatable bonds is 9. The van der Waals surface area contributed by atoms with Gasteiger partial charge in [-0.3, -0.25) is 14.2 Å². The number of halogens is 4. The second kappa shape index (κ2) is 15.2. The molecule has 1 atom stereocenters. The number of hydrogen-bond acceptors (Lipinski definition) is 6. The van der Waals surface area contributed by atoms with Crippen molar-refractivity contribution in [2.75, 3.05) is 11.9 Å². The minimum Gasteiger partial charge on any atom is -0.494 e. The molecular weight excluding hydrogens is 895 g/mol. The van der Waals surface area contributed by atoms with E-state index < -0.39 is 6.04 Å². The normalized spacial score (nSPS) is 14.4. The molecule has 0 unspecified atom stereocenters. The molecule has 7 nitrogen and oxygen atoms in total. The van der Waals surface area contributed by atoms with Gasteiger partial charge in [-0.1, -0.05) is 70.9 Å². The summed E-state index contributed by atoms with van der Waals surface area (Å²) in [6, 6.07) is 25.2.